The fraction of sp³-hybridized carbons (Fsp3) is 0.643. The zero-order chi connectivity index (χ0) is 11.8. The fourth-order valence-electron chi connectivity index (χ4n) is 2.18. The molecule has 92 valence electrons. The smallest absolute Gasteiger partial charge is 0.128 e. The Morgan fingerprint density at radius 1 is 1.24 bits per heavy atom. The Balaban J connectivity index is 1.76. The van der Waals surface area contributed by atoms with Crippen LogP contribution in [0.15, 0.2) is 16.7 Å². The van der Waals surface area contributed by atoms with Crippen LogP contribution in [0.5, 0.6) is 0 Å². The average Bonchev–Trinajstić information content (AvgIpc) is 3.15. The lowest BCUT2D eigenvalue weighted by molar-refractivity contribution is 0.671. The van der Waals surface area contributed by atoms with Gasteiger partial charge in [-0.3, -0.25) is 0 Å². The number of aromatic nitrogens is 1. The molecule has 2 aliphatic carbocycles. The molecule has 0 aromatic carbocycles. The first-order valence-electron chi connectivity index (χ1n) is 6.59. The first-order valence-corrected chi connectivity index (χ1v) is 7.39. The zero-order valence-corrected chi connectivity index (χ0v) is 11.9. The van der Waals surface area contributed by atoms with Crippen LogP contribution in [0.4, 0.5) is 5.82 Å². The number of aryl methyl sites for hydroxylation is 1. The molecule has 0 unspecified atom stereocenters. The van der Waals surface area contributed by atoms with Crippen molar-refractivity contribution < 1.29 is 0 Å². The van der Waals surface area contributed by atoms with Crippen molar-refractivity contribution in [2.24, 2.45) is 11.8 Å². The molecule has 0 N–H and O–H groups in total. The largest absolute Gasteiger partial charge is 0.356 e. The summed E-state index contributed by atoms with van der Waals surface area (Å²) in [7, 11) is 0. The third-order valence-electron chi connectivity index (χ3n) is 3.71. The standard InChI is InChI=1S/C14H19BrN2/c1-10-6-14(16-7-13(10)15)17(8-11-2-3-11)9-12-4-5-12/h6-7,11-12H,2-5,8-9H2,1H3. The van der Waals surface area contributed by atoms with Crippen LogP contribution in [0.1, 0.15) is 31.2 Å². The second kappa shape index (κ2) is 4.60. The first kappa shape index (κ1) is 11.5. The molecule has 1 aromatic rings. The summed E-state index contributed by atoms with van der Waals surface area (Å²) in [6.07, 6.45) is 7.60. The number of pyridine rings is 1. The highest BCUT2D eigenvalue weighted by atomic mass is 79.9. The van der Waals surface area contributed by atoms with Gasteiger partial charge >= 0.3 is 0 Å². The number of hydrogen-bond donors (Lipinski definition) is 0. The van der Waals surface area contributed by atoms with E-state index in [0.717, 1.165) is 16.3 Å². The van der Waals surface area contributed by atoms with E-state index >= 15 is 0 Å². The highest BCUT2D eigenvalue weighted by Gasteiger charge is 2.29. The van der Waals surface area contributed by atoms with Crippen LogP contribution in [-0.2, 0) is 0 Å². The summed E-state index contributed by atoms with van der Waals surface area (Å²) < 4.78 is 1.11. The minimum Gasteiger partial charge on any atom is -0.356 e. The van der Waals surface area contributed by atoms with Gasteiger partial charge in [0.15, 0.2) is 0 Å². The Hall–Kier alpha value is -0.570. The van der Waals surface area contributed by atoms with E-state index in [-0.39, 0.29) is 0 Å². The Labute approximate surface area is 112 Å². The van der Waals surface area contributed by atoms with Gasteiger partial charge in [0.25, 0.3) is 0 Å². The molecular formula is C14H19BrN2. The maximum Gasteiger partial charge on any atom is 0.128 e. The summed E-state index contributed by atoms with van der Waals surface area (Å²) in [5.74, 6) is 3.03. The number of rotatable bonds is 5. The Bertz CT molecular complexity index is 397. The molecule has 0 amide bonds. The van der Waals surface area contributed by atoms with E-state index < -0.39 is 0 Å². The third-order valence-corrected chi connectivity index (χ3v) is 4.54. The number of halogens is 1. The normalized spacial score (nSPS) is 19.4. The monoisotopic (exact) mass is 294 g/mol. The molecule has 0 atom stereocenters. The SMILES string of the molecule is Cc1cc(N(CC2CC2)CC2CC2)ncc1Br. The minimum atomic E-state index is 0.930. The molecule has 0 bridgehead atoms. The minimum absolute atomic E-state index is 0.930. The van der Waals surface area contributed by atoms with Gasteiger partial charge in [-0.05, 0) is 72.0 Å². The lowest BCUT2D eigenvalue weighted by Gasteiger charge is -2.24. The second-order valence-corrected chi connectivity index (χ2v) is 6.44. The van der Waals surface area contributed by atoms with E-state index in [1.807, 2.05) is 6.20 Å². The molecule has 0 saturated heterocycles. The molecule has 17 heavy (non-hydrogen) atoms. The molecule has 2 saturated carbocycles. The Kier molecular flexibility index (Phi) is 3.12. The van der Waals surface area contributed by atoms with Gasteiger partial charge in [0, 0.05) is 23.8 Å². The molecule has 1 heterocycles. The Morgan fingerprint density at radius 2 is 1.82 bits per heavy atom. The van der Waals surface area contributed by atoms with E-state index in [2.05, 4.69) is 38.8 Å². The zero-order valence-electron chi connectivity index (χ0n) is 10.3. The van der Waals surface area contributed by atoms with Crippen molar-refractivity contribution in [3.05, 3.63) is 22.3 Å². The topological polar surface area (TPSA) is 16.1 Å². The molecular weight excluding hydrogens is 276 g/mol. The molecule has 2 aliphatic rings. The van der Waals surface area contributed by atoms with Crippen molar-refractivity contribution in [3.8, 4) is 0 Å². The molecule has 2 fully saturated rings. The van der Waals surface area contributed by atoms with E-state index in [1.54, 1.807) is 0 Å². The highest BCUT2D eigenvalue weighted by molar-refractivity contribution is 9.10. The molecule has 3 heteroatoms. The first-order chi connectivity index (χ1) is 8.22. The van der Waals surface area contributed by atoms with Crippen LogP contribution in [0.3, 0.4) is 0 Å². The van der Waals surface area contributed by atoms with Crippen molar-refractivity contribution in [1.82, 2.24) is 4.98 Å². The molecule has 3 rings (SSSR count). The van der Waals surface area contributed by atoms with Gasteiger partial charge in [-0.15, -0.1) is 0 Å². The average molecular weight is 295 g/mol. The van der Waals surface area contributed by atoms with Crippen molar-refractivity contribution in [2.75, 3.05) is 18.0 Å². The van der Waals surface area contributed by atoms with Crippen molar-refractivity contribution >= 4 is 21.7 Å². The van der Waals surface area contributed by atoms with Gasteiger partial charge in [0.1, 0.15) is 5.82 Å². The summed E-state index contributed by atoms with van der Waals surface area (Å²) >= 11 is 3.52. The van der Waals surface area contributed by atoms with Gasteiger partial charge in [-0.2, -0.15) is 0 Å². The predicted molar refractivity (Wildman–Crippen MR) is 74.3 cm³/mol. The predicted octanol–water partition coefficient (Wildman–Crippen LogP) is 3.78. The Morgan fingerprint density at radius 3 is 2.29 bits per heavy atom. The maximum atomic E-state index is 4.58. The van der Waals surface area contributed by atoms with Gasteiger partial charge < -0.3 is 4.90 Å². The van der Waals surface area contributed by atoms with E-state index in [1.165, 1.54) is 50.2 Å². The molecule has 0 radical (unpaired) electrons. The molecule has 0 spiro atoms. The van der Waals surface area contributed by atoms with Crippen LogP contribution in [-0.4, -0.2) is 18.1 Å². The van der Waals surface area contributed by atoms with Crippen LogP contribution in [0, 0.1) is 18.8 Å². The van der Waals surface area contributed by atoms with Gasteiger partial charge in [0.05, 0.1) is 0 Å². The summed E-state index contributed by atoms with van der Waals surface area (Å²) in [6.45, 7) is 4.57. The van der Waals surface area contributed by atoms with Crippen molar-refractivity contribution in [1.29, 1.82) is 0 Å². The summed E-state index contributed by atoms with van der Waals surface area (Å²) in [6, 6.07) is 2.22. The van der Waals surface area contributed by atoms with Crippen LogP contribution >= 0.6 is 15.9 Å². The number of nitrogens with zero attached hydrogens (tertiary/aromatic N) is 2. The van der Waals surface area contributed by atoms with Gasteiger partial charge in [0.2, 0.25) is 0 Å². The van der Waals surface area contributed by atoms with Gasteiger partial charge in [-0.1, -0.05) is 0 Å². The number of hydrogen-bond acceptors (Lipinski definition) is 2. The van der Waals surface area contributed by atoms with Crippen LogP contribution in [0.25, 0.3) is 0 Å². The van der Waals surface area contributed by atoms with Crippen molar-refractivity contribution in [3.63, 3.8) is 0 Å². The highest BCUT2D eigenvalue weighted by Crippen LogP contribution is 2.35. The third kappa shape index (κ3) is 3.01. The van der Waals surface area contributed by atoms with E-state index in [9.17, 15) is 0 Å². The summed E-state index contributed by atoms with van der Waals surface area (Å²) in [5.41, 5.74) is 1.28. The fourth-order valence-corrected chi connectivity index (χ4v) is 2.40. The van der Waals surface area contributed by atoms with Gasteiger partial charge in [-0.25, -0.2) is 4.98 Å². The lowest BCUT2D eigenvalue weighted by atomic mass is 10.2. The van der Waals surface area contributed by atoms with Crippen molar-refractivity contribution in [2.45, 2.75) is 32.6 Å². The summed E-state index contributed by atoms with van der Waals surface area (Å²) in [5, 5.41) is 0. The maximum absolute atomic E-state index is 4.58. The van der Waals surface area contributed by atoms with Crippen LogP contribution in [0.2, 0.25) is 0 Å². The van der Waals surface area contributed by atoms with E-state index in [0.29, 0.717) is 0 Å². The van der Waals surface area contributed by atoms with E-state index in [4.69, 9.17) is 0 Å². The number of anilines is 1. The summed E-state index contributed by atoms with van der Waals surface area (Å²) in [4.78, 5) is 7.09. The second-order valence-electron chi connectivity index (χ2n) is 5.58. The lowest BCUT2D eigenvalue weighted by Crippen LogP contribution is -2.28. The molecule has 2 nitrogen and oxygen atoms in total. The molecule has 0 aliphatic heterocycles. The molecule has 1 aromatic heterocycles. The van der Waals surface area contributed by atoms with Crippen LogP contribution < -0.4 is 4.90 Å². The quantitative estimate of drug-likeness (QED) is 0.822.